The molecule has 0 spiro atoms. The highest BCUT2D eigenvalue weighted by molar-refractivity contribution is 6.29. The Balaban J connectivity index is 1.67. The summed E-state index contributed by atoms with van der Waals surface area (Å²) in [6.07, 6.45) is 1.70. The lowest BCUT2D eigenvalue weighted by Gasteiger charge is -2.36. The molecule has 0 amide bonds. The number of nitrogens with zero attached hydrogens (tertiary/aromatic N) is 4. The monoisotopic (exact) mass is 274 g/mol. The second kappa shape index (κ2) is 5.45. The zero-order chi connectivity index (χ0) is 13.1. The smallest absolute Gasteiger partial charge is 0.226 e. The maximum Gasteiger partial charge on any atom is 0.226 e. The summed E-state index contributed by atoms with van der Waals surface area (Å²) in [6.45, 7) is 3.77. The Labute approximate surface area is 117 Å². The molecule has 1 aliphatic rings. The van der Waals surface area contributed by atoms with Gasteiger partial charge in [0.1, 0.15) is 5.15 Å². The van der Waals surface area contributed by atoms with Crippen LogP contribution in [0.1, 0.15) is 0 Å². The summed E-state index contributed by atoms with van der Waals surface area (Å²) in [4.78, 5) is 13.1. The third-order valence-electron chi connectivity index (χ3n) is 3.29. The Morgan fingerprint density at radius 3 is 2.26 bits per heavy atom. The number of aromatic nitrogens is 2. The fourth-order valence-corrected chi connectivity index (χ4v) is 2.41. The van der Waals surface area contributed by atoms with Crippen LogP contribution in [-0.2, 0) is 0 Å². The molecular formula is C14H15ClN4. The zero-order valence-electron chi connectivity index (χ0n) is 10.5. The largest absolute Gasteiger partial charge is 0.368 e. The minimum Gasteiger partial charge on any atom is -0.368 e. The average Bonchev–Trinajstić information content (AvgIpc) is 2.48. The van der Waals surface area contributed by atoms with Gasteiger partial charge in [-0.25, -0.2) is 9.97 Å². The Kier molecular flexibility index (Phi) is 3.51. The molecule has 2 heterocycles. The minimum atomic E-state index is 0.496. The summed E-state index contributed by atoms with van der Waals surface area (Å²) in [5.74, 6) is 0.722. The number of piperazine rings is 1. The average molecular weight is 275 g/mol. The van der Waals surface area contributed by atoms with Gasteiger partial charge in [0.15, 0.2) is 0 Å². The maximum absolute atomic E-state index is 5.90. The van der Waals surface area contributed by atoms with E-state index in [9.17, 15) is 0 Å². The molecule has 1 aliphatic heterocycles. The first kappa shape index (κ1) is 12.2. The lowest BCUT2D eigenvalue weighted by atomic mass is 10.2. The molecule has 0 unspecified atom stereocenters. The quantitative estimate of drug-likeness (QED) is 0.788. The Morgan fingerprint density at radius 1 is 0.895 bits per heavy atom. The van der Waals surface area contributed by atoms with Gasteiger partial charge >= 0.3 is 0 Å². The van der Waals surface area contributed by atoms with Gasteiger partial charge in [-0.2, -0.15) is 0 Å². The standard InChI is InChI=1S/C14H15ClN4/c15-13-6-7-16-14(17-13)19-10-8-18(9-11-19)12-4-2-1-3-5-12/h1-7H,8-11H2. The van der Waals surface area contributed by atoms with E-state index >= 15 is 0 Å². The van der Waals surface area contributed by atoms with Crippen LogP contribution >= 0.6 is 11.6 Å². The van der Waals surface area contributed by atoms with E-state index in [4.69, 9.17) is 11.6 Å². The molecule has 0 N–H and O–H groups in total. The van der Waals surface area contributed by atoms with Crippen molar-refractivity contribution in [1.29, 1.82) is 0 Å². The summed E-state index contributed by atoms with van der Waals surface area (Å²) < 4.78 is 0. The van der Waals surface area contributed by atoms with E-state index in [2.05, 4.69) is 44.0 Å². The predicted octanol–water partition coefficient (Wildman–Crippen LogP) is 2.46. The van der Waals surface area contributed by atoms with E-state index in [1.54, 1.807) is 12.3 Å². The van der Waals surface area contributed by atoms with Crippen molar-refractivity contribution in [3.8, 4) is 0 Å². The molecule has 0 saturated carbocycles. The molecule has 4 nitrogen and oxygen atoms in total. The van der Waals surface area contributed by atoms with Crippen molar-refractivity contribution in [1.82, 2.24) is 9.97 Å². The fourth-order valence-electron chi connectivity index (χ4n) is 2.28. The van der Waals surface area contributed by atoms with Crippen LogP contribution in [0.3, 0.4) is 0 Å². The molecule has 1 fully saturated rings. The van der Waals surface area contributed by atoms with Crippen LogP contribution in [0.15, 0.2) is 42.6 Å². The summed E-state index contributed by atoms with van der Waals surface area (Å²) in [5, 5.41) is 0.496. The van der Waals surface area contributed by atoms with Crippen LogP contribution in [0.4, 0.5) is 11.6 Å². The number of benzene rings is 1. The van der Waals surface area contributed by atoms with Crippen LogP contribution in [0.25, 0.3) is 0 Å². The molecule has 19 heavy (non-hydrogen) atoms. The highest BCUT2D eigenvalue weighted by atomic mass is 35.5. The molecule has 2 aromatic rings. The van der Waals surface area contributed by atoms with E-state index in [0.717, 1.165) is 32.1 Å². The molecule has 3 rings (SSSR count). The van der Waals surface area contributed by atoms with Gasteiger partial charge in [0.05, 0.1) is 0 Å². The maximum atomic E-state index is 5.90. The minimum absolute atomic E-state index is 0.496. The summed E-state index contributed by atoms with van der Waals surface area (Å²) in [7, 11) is 0. The first-order chi connectivity index (χ1) is 9.33. The van der Waals surface area contributed by atoms with Crippen molar-refractivity contribution < 1.29 is 0 Å². The first-order valence-corrected chi connectivity index (χ1v) is 6.74. The first-order valence-electron chi connectivity index (χ1n) is 6.36. The van der Waals surface area contributed by atoms with Gasteiger partial charge in [-0.15, -0.1) is 0 Å². The van der Waals surface area contributed by atoms with Crippen molar-refractivity contribution in [2.24, 2.45) is 0 Å². The second-order valence-corrected chi connectivity index (χ2v) is 4.88. The van der Waals surface area contributed by atoms with Crippen molar-refractivity contribution in [3.63, 3.8) is 0 Å². The second-order valence-electron chi connectivity index (χ2n) is 4.49. The van der Waals surface area contributed by atoms with Gasteiger partial charge in [-0.05, 0) is 18.2 Å². The van der Waals surface area contributed by atoms with Gasteiger partial charge in [0.25, 0.3) is 0 Å². The molecule has 0 aliphatic carbocycles. The topological polar surface area (TPSA) is 32.3 Å². The predicted molar refractivity (Wildman–Crippen MR) is 77.9 cm³/mol. The Hall–Kier alpha value is -1.81. The molecule has 5 heteroatoms. The molecule has 1 aromatic carbocycles. The van der Waals surface area contributed by atoms with Crippen molar-refractivity contribution in [3.05, 3.63) is 47.7 Å². The number of hydrogen-bond donors (Lipinski definition) is 0. The molecular weight excluding hydrogens is 260 g/mol. The molecule has 1 aromatic heterocycles. The normalized spacial score (nSPS) is 15.6. The van der Waals surface area contributed by atoms with E-state index in [1.165, 1.54) is 5.69 Å². The Morgan fingerprint density at radius 2 is 1.58 bits per heavy atom. The van der Waals surface area contributed by atoms with E-state index in [0.29, 0.717) is 5.15 Å². The number of para-hydroxylation sites is 1. The molecule has 1 saturated heterocycles. The summed E-state index contributed by atoms with van der Waals surface area (Å²) in [6, 6.07) is 12.2. The highest BCUT2D eigenvalue weighted by Gasteiger charge is 2.19. The SMILES string of the molecule is Clc1ccnc(N2CCN(c3ccccc3)CC2)n1. The van der Waals surface area contributed by atoms with Crippen molar-refractivity contribution in [2.45, 2.75) is 0 Å². The van der Waals surface area contributed by atoms with Crippen LogP contribution in [-0.4, -0.2) is 36.1 Å². The molecule has 0 bridgehead atoms. The van der Waals surface area contributed by atoms with E-state index < -0.39 is 0 Å². The van der Waals surface area contributed by atoms with Gasteiger partial charge in [-0.3, -0.25) is 0 Å². The van der Waals surface area contributed by atoms with Crippen molar-refractivity contribution in [2.75, 3.05) is 36.0 Å². The Bertz CT molecular complexity index is 538. The molecule has 98 valence electrons. The zero-order valence-corrected chi connectivity index (χ0v) is 11.3. The van der Waals surface area contributed by atoms with Gasteiger partial charge in [-0.1, -0.05) is 29.8 Å². The van der Waals surface area contributed by atoms with Gasteiger partial charge in [0, 0.05) is 38.1 Å². The number of halogens is 1. The molecule has 0 radical (unpaired) electrons. The van der Waals surface area contributed by atoms with Crippen LogP contribution < -0.4 is 9.80 Å². The number of anilines is 2. The number of hydrogen-bond acceptors (Lipinski definition) is 4. The lowest BCUT2D eigenvalue weighted by molar-refractivity contribution is 0.640. The third kappa shape index (κ3) is 2.79. The van der Waals surface area contributed by atoms with Crippen LogP contribution in [0.5, 0.6) is 0 Å². The van der Waals surface area contributed by atoms with Crippen LogP contribution in [0.2, 0.25) is 5.15 Å². The third-order valence-corrected chi connectivity index (χ3v) is 3.50. The highest BCUT2D eigenvalue weighted by Crippen LogP contribution is 2.18. The summed E-state index contributed by atoms with van der Waals surface area (Å²) >= 11 is 5.90. The molecule has 0 atom stereocenters. The van der Waals surface area contributed by atoms with Crippen LogP contribution in [0, 0.1) is 0 Å². The summed E-state index contributed by atoms with van der Waals surface area (Å²) in [5.41, 5.74) is 1.27. The van der Waals surface area contributed by atoms with E-state index in [-0.39, 0.29) is 0 Å². The van der Waals surface area contributed by atoms with Gasteiger partial charge < -0.3 is 9.80 Å². The lowest BCUT2D eigenvalue weighted by Crippen LogP contribution is -2.47. The van der Waals surface area contributed by atoms with E-state index in [1.807, 2.05) is 6.07 Å². The number of rotatable bonds is 2. The fraction of sp³-hybridized carbons (Fsp3) is 0.286. The van der Waals surface area contributed by atoms with Crippen molar-refractivity contribution >= 4 is 23.2 Å². The van der Waals surface area contributed by atoms with Gasteiger partial charge in [0.2, 0.25) is 5.95 Å².